The molecule has 100 heavy (non-hydrogen) atoms. The molecule has 0 aromatic carbocycles. The number of carbonyl (C=O) groups is 4. The number of hydrogen-bond donors (Lipinski definition) is 3. The SMILES string of the molecule is CC/C=C\C/C=C\C/C=C\C/C=C\C/C=C\C/C=C\CCC(=O)OCC(COP(=O)(O)OCC(O)COP(=O)(O)OCC(COC(=O)C/C=C\C/C=C\C/C=C\C/C=C\C/C=C\CC)OC(=O)CCCCCCC/C=C\CCCCCCCC)OC(=O)CCCCCCC/C=C\CCCC. The van der Waals surface area contributed by atoms with E-state index in [9.17, 15) is 43.2 Å². The van der Waals surface area contributed by atoms with Crippen LogP contribution in [0.5, 0.6) is 0 Å². The van der Waals surface area contributed by atoms with Crippen molar-refractivity contribution in [1.29, 1.82) is 0 Å². The molecular formula is C81H132O17P2. The van der Waals surface area contributed by atoms with Gasteiger partial charge in [-0.25, -0.2) is 9.13 Å². The maximum Gasteiger partial charge on any atom is 0.472 e. The Kier molecular flexibility index (Phi) is 68.2. The Balaban J connectivity index is 5.47. The molecule has 19 heteroatoms. The molecule has 0 saturated carbocycles. The van der Waals surface area contributed by atoms with Crippen molar-refractivity contribution in [2.45, 2.75) is 290 Å². The number of ether oxygens (including phenoxy) is 4. The van der Waals surface area contributed by atoms with Gasteiger partial charge in [0.2, 0.25) is 0 Å². The van der Waals surface area contributed by atoms with Crippen LogP contribution >= 0.6 is 15.6 Å². The molecule has 5 atom stereocenters. The summed E-state index contributed by atoms with van der Waals surface area (Å²) in [7, 11) is -10.0. The van der Waals surface area contributed by atoms with Crippen molar-refractivity contribution >= 4 is 39.5 Å². The molecule has 0 aliphatic heterocycles. The third-order valence-electron chi connectivity index (χ3n) is 15.0. The van der Waals surface area contributed by atoms with Gasteiger partial charge in [-0.1, -0.05) is 269 Å². The summed E-state index contributed by atoms with van der Waals surface area (Å²) in [4.78, 5) is 72.7. The monoisotopic (exact) mass is 1440 g/mol. The van der Waals surface area contributed by atoms with E-state index in [1.54, 1.807) is 6.08 Å². The van der Waals surface area contributed by atoms with Crippen molar-refractivity contribution in [1.82, 2.24) is 0 Å². The smallest absolute Gasteiger partial charge is 0.462 e. The Labute approximate surface area is 604 Å². The van der Waals surface area contributed by atoms with Crippen molar-refractivity contribution in [2.75, 3.05) is 39.6 Å². The minimum Gasteiger partial charge on any atom is -0.462 e. The number of allylic oxidation sites excluding steroid dienone is 25. The van der Waals surface area contributed by atoms with E-state index in [1.165, 1.54) is 44.9 Å². The summed E-state index contributed by atoms with van der Waals surface area (Å²) in [5.74, 6) is -2.45. The van der Waals surface area contributed by atoms with E-state index < -0.39 is 97.5 Å². The molecule has 0 aliphatic rings. The van der Waals surface area contributed by atoms with Crippen molar-refractivity contribution in [2.24, 2.45) is 0 Å². The van der Waals surface area contributed by atoms with E-state index in [2.05, 4.69) is 143 Å². The van der Waals surface area contributed by atoms with Crippen LogP contribution < -0.4 is 0 Å². The first-order valence-corrected chi connectivity index (χ1v) is 40.7. The highest BCUT2D eigenvalue weighted by Crippen LogP contribution is 2.45. The number of esters is 4. The third-order valence-corrected chi connectivity index (χ3v) is 16.9. The van der Waals surface area contributed by atoms with Crippen molar-refractivity contribution in [3.63, 3.8) is 0 Å². The Morgan fingerprint density at radius 3 is 0.960 bits per heavy atom. The number of hydrogen-bond acceptors (Lipinski definition) is 15. The number of carbonyl (C=O) groups excluding carboxylic acids is 4. The molecule has 0 aromatic rings. The lowest BCUT2D eigenvalue weighted by atomic mass is 10.1. The molecule has 0 rings (SSSR count). The molecular weight excluding hydrogens is 1310 g/mol. The van der Waals surface area contributed by atoms with Crippen LogP contribution in [-0.2, 0) is 65.4 Å². The number of phosphoric ester groups is 2. The third kappa shape index (κ3) is 71.1. The van der Waals surface area contributed by atoms with Crippen LogP contribution in [0.3, 0.4) is 0 Å². The quantitative estimate of drug-likeness (QED) is 0.0169. The fourth-order valence-electron chi connectivity index (χ4n) is 9.29. The van der Waals surface area contributed by atoms with Crippen LogP contribution in [0.1, 0.15) is 272 Å². The summed E-state index contributed by atoms with van der Waals surface area (Å²) in [6.45, 7) is 4.35. The zero-order valence-electron chi connectivity index (χ0n) is 61.8. The topological polar surface area (TPSA) is 237 Å². The van der Waals surface area contributed by atoms with E-state index in [-0.39, 0.29) is 25.7 Å². The van der Waals surface area contributed by atoms with Gasteiger partial charge < -0.3 is 33.8 Å². The Bertz CT molecular complexity index is 2520. The predicted octanol–water partition coefficient (Wildman–Crippen LogP) is 21.7. The zero-order valence-corrected chi connectivity index (χ0v) is 63.6. The minimum atomic E-state index is -5.00. The summed E-state index contributed by atoms with van der Waals surface area (Å²) >= 11 is 0. The van der Waals surface area contributed by atoms with Gasteiger partial charge in [-0.15, -0.1) is 0 Å². The average molecular weight is 1440 g/mol. The van der Waals surface area contributed by atoms with E-state index in [0.717, 1.165) is 141 Å². The van der Waals surface area contributed by atoms with Gasteiger partial charge in [0, 0.05) is 19.3 Å². The second-order valence-corrected chi connectivity index (χ2v) is 27.4. The summed E-state index contributed by atoms with van der Waals surface area (Å²) in [6, 6.07) is 0. The number of unbranched alkanes of at least 4 members (excludes halogenated alkanes) is 18. The fourth-order valence-corrected chi connectivity index (χ4v) is 10.9. The maximum absolute atomic E-state index is 13.1. The molecule has 5 unspecified atom stereocenters. The van der Waals surface area contributed by atoms with Gasteiger partial charge >= 0.3 is 39.5 Å². The van der Waals surface area contributed by atoms with Crippen LogP contribution in [0.2, 0.25) is 0 Å². The van der Waals surface area contributed by atoms with Crippen LogP contribution in [-0.4, -0.2) is 96.7 Å². The van der Waals surface area contributed by atoms with Gasteiger partial charge in [0.15, 0.2) is 12.2 Å². The number of phosphoric acid groups is 2. The Morgan fingerprint density at radius 2 is 0.590 bits per heavy atom. The average Bonchev–Trinajstić information content (AvgIpc) is 0.953. The van der Waals surface area contributed by atoms with Crippen LogP contribution in [0.15, 0.2) is 158 Å². The van der Waals surface area contributed by atoms with E-state index in [0.29, 0.717) is 32.1 Å². The first kappa shape index (κ1) is 94.7. The van der Waals surface area contributed by atoms with Gasteiger partial charge in [0.05, 0.1) is 32.8 Å². The lowest BCUT2D eigenvalue weighted by Gasteiger charge is -2.21. The molecule has 0 amide bonds. The lowest BCUT2D eigenvalue weighted by molar-refractivity contribution is -0.161. The number of aliphatic hydroxyl groups is 1. The molecule has 568 valence electrons. The molecule has 0 aromatic heterocycles. The summed E-state index contributed by atoms with van der Waals surface area (Å²) in [5.41, 5.74) is 0. The van der Waals surface area contributed by atoms with Crippen molar-refractivity contribution < 1.29 is 80.2 Å². The van der Waals surface area contributed by atoms with Crippen LogP contribution in [0, 0.1) is 0 Å². The summed E-state index contributed by atoms with van der Waals surface area (Å²) < 4.78 is 68.2. The summed E-state index contributed by atoms with van der Waals surface area (Å²) in [6.07, 6.45) is 82.9. The minimum absolute atomic E-state index is 0.0281. The molecule has 17 nitrogen and oxygen atoms in total. The Hall–Kier alpha value is -5.32. The van der Waals surface area contributed by atoms with E-state index in [1.807, 2.05) is 36.5 Å². The fraction of sp³-hybridized carbons (Fsp3) is 0.630. The van der Waals surface area contributed by atoms with E-state index >= 15 is 0 Å². The predicted molar refractivity (Wildman–Crippen MR) is 408 cm³/mol. The highest BCUT2D eigenvalue weighted by molar-refractivity contribution is 7.47. The molecule has 0 aliphatic carbocycles. The summed E-state index contributed by atoms with van der Waals surface area (Å²) in [5, 5.41) is 10.6. The second kappa shape index (κ2) is 72.0. The van der Waals surface area contributed by atoms with Gasteiger partial charge in [-0.3, -0.25) is 37.3 Å². The highest BCUT2D eigenvalue weighted by Gasteiger charge is 2.30. The number of rotatable bonds is 69. The molecule has 0 fully saturated rings. The standard InChI is InChI=1S/C81H132O17P2/c1-5-9-13-17-21-25-29-32-35-36-37-38-41-43-47-50-54-58-62-66-79(84)91-71-76(97-80(85)67-63-59-55-51-45-28-24-20-16-12-8-4)73-95-99(87,88)93-69-75(82)70-94-100(89,90)96-74-77(98-81(86)68-64-60-56-52-48-44-40-34-31-27-23-19-15-11-7-3)72-92-78(83)65-61-57-53-49-46-42-39-33-30-26-22-18-14-10-6-2/h9-10,13-14,20-22,24-26,32-35,37-40,43,46-47,49,54,57-58,61,75-77,82H,5-8,11-12,15-19,23,27-31,36,41-42,44-45,48,50-53,55-56,59-60,62-74H2,1-4H3,(H,87,88)(H,89,90)/b13-9-,14-10-,24-20-,25-21-,26-22-,35-32-,38-37-,39-33-,40-34-,47-43-,49-46-,58-54-,61-57-. The van der Waals surface area contributed by atoms with Gasteiger partial charge in [0.25, 0.3) is 0 Å². The second-order valence-electron chi connectivity index (χ2n) is 24.5. The van der Waals surface area contributed by atoms with Crippen molar-refractivity contribution in [3.05, 3.63) is 158 Å². The molecule has 0 radical (unpaired) electrons. The molecule has 0 heterocycles. The van der Waals surface area contributed by atoms with Gasteiger partial charge in [0.1, 0.15) is 19.3 Å². The van der Waals surface area contributed by atoms with Crippen LogP contribution in [0.25, 0.3) is 0 Å². The molecule has 0 saturated heterocycles. The van der Waals surface area contributed by atoms with Gasteiger partial charge in [-0.2, -0.15) is 0 Å². The largest absolute Gasteiger partial charge is 0.472 e. The molecule has 0 bridgehead atoms. The molecule has 0 spiro atoms. The number of aliphatic hydroxyl groups excluding tert-OH is 1. The maximum atomic E-state index is 13.1. The highest BCUT2D eigenvalue weighted by atomic mass is 31.2. The normalized spacial score (nSPS) is 14.8. The Morgan fingerprint density at radius 1 is 0.300 bits per heavy atom. The zero-order chi connectivity index (χ0) is 73.2. The molecule has 3 N–H and O–H groups in total. The lowest BCUT2D eigenvalue weighted by Crippen LogP contribution is -2.30. The first-order chi connectivity index (χ1) is 48.7. The first-order valence-electron chi connectivity index (χ1n) is 37.7. The van der Waals surface area contributed by atoms with Gasteiger partial charge in [-0.05, 0) is 135 Å². The van der Waals surface area contributed by atoms with Crippen LogP contribution in [0.4, 0.5) is 0 Å². The van der Waals surface area contributed by atoms with E-state index in [4.69, 9.17) is 37.0 Å². The van der Waals surface area contributed by atoms with Crippen molar-refractivity contribution in [3.8, 4) is 0 Å².